The number of carbonyl (C=O) groups is 1. The van der Waals surface area contributed by atoms with Gasteiger partial charge in [-0.2, -0.15) is 0 Å². The van der Waals surface area contributed by atoms with E-state index in [1.807, 2.05) is 18.2 Å². The van der Waals surface area contributed by atoms with Crippen molar-refractivity contribution < 1.29 is 14.3 Å². The minimum absolute atomic E-state index is 0.0273. The second-order valence-corrected chi connectivity index (χ2v) is 9.88. The predicted molar refractivity (Wildman–Crippen MR) is 153 cm³/mol. The Morgan fingerprint density at radius 2 is 1.68 bits per heavy atom. The first kappa shape index (κ1) is 27.5. The number of imidazole rings is 1. The van der Waals surface area contributed by atoms with Crippen LogP contribution < -0.4 is 14.8 Å². The number of para-hydroxylation sites is 2. The van der Waals surface area contributed by atoms with Crippen molar-refractivity contribution in [1.82, 2.24) is 14.9 Å². The zero-order valence-electron chi connectivity index (χ0n) is 22.2. The summed E-state index contributed by atoms with van der Waals surface area (Å²) < 4.78 is 13.8. The molecule has 1 unspecified atom stereocenters. The number of aromatic nitrogens is 2. The van der Waals surface area contributed by atoms with Crippen LogP contribution in [-0.2, 0) is 17.8 Å². The highest BCUT2D eigenvalue weighted by Crippen LogP contribution is 2.22. The van der Waals surface area contributed by atoms with Crippen LogP contribution in [0.15, 0.2) is 72.8 Å². The highest BCUT2D eigenvalue weighted by molar-refractivity contribution is 6.30. The second kappa shape index (κ2) is 13.9. The standard InChI is InChI=1S/C31H36ClN3O3/c1-3-23(2)24-11-15-26(16-12-24)37-21-7-20-35-29-9-5-4-8-28(29)34-30(35)10-6-19-33-31(36)22-38-27-17-13-25(32)14-18-27/h4-5,8-9,11-18,23H,3,6-7,10,19-22H2,1-2H3,(H,33,36). The number of fused-ring (bicyclic) bond motifs is 1. The average Bonchev–Trinajstić information content (AvgIpc) is 3.30. The fourth-order valence-electron chi connectivity index (χ4n) is 4.31. The van der Waals surface area contributed by atoms with Gasteiger partial charge in [0.15, 0.2) is 6.61 Å². The number of rotatable bonds is 14. The molecule has 0 aliphatic rings. The summed E-state index contributed by atoms with van der Waals surface area (Å²) in [6.07, 6.45) is 3.56. The van der Waals surface area contributed by atoms with Crippen molar-refractivity contribution in [2.24, 2.45) is 0 Å². The van der Waals surface area contributed by atoms with E-state index < -0.39 is 0 Å². The monoisotopic (exact) mass is 533 g/mol. The van der Waals surface area contributed by atoms with Crippen molar-refractivity contribution >= 4 is 28.5 Å². The number of benzene rings is 3. The van der Waals surface area contributed by atoms with Crippen molar-refractivity contribution in [1.29, 1.82) is 0 Å². The number of nitrogens with zero attached hydrogens (tertiary/aromatic N) is 2. The number of nitrogens with one attached hydrogen (secondary N) is 1. The van der Waals surface area contributed by atoms with Crippen LogP contribution in [0.5, 0.6) is 11.5 Å². The van der Waals surface area contributed by atoms with Gasteiger partial charge in [-0.3, -0.25) is 4.79 Å². The van der Waals surface area contributed by atoms with Crippen LogP contribution in [0.25, 0.3) is 11.0 Å². The maximum atomic E-state index is 12.2. The van der Waals surface area contributed by atoms with E-state index in [2.05, 4.69) is 54.1 Å². The molecule has 6 nitrogen and oxygen atoms in total. The van der Waals surface area contributed by atoms with E-state index in [0.717, 1.165) is 54.8 Å². The van der Waals surface area contributed by atoms with Crippen molar-refractivity contribution in [2.75, 3.05) is 19.8 Å². The highest BCUT2D eigenvalue weighted by Gasteiger charge is 2.11. The zero-order chi connectivity index (χ0) is 26.7. The number of ether oxygens (including phenoxy) is 2. The summed E-state index contributed by atoms with van der Waals surface area (Å²) in [5.41, 5.74) is 3.46. The van der Waals surface area contributed by atoms with Gasteiger partial charge >= 0.3 is 0 Å². The lowest BCUT2D eigenvalue weighted by atomic mass is 9.99. The Morgan fingerprint density at radius 1 is 0.974 bits per heavy atom. The fraction of sp³-hybridized carbons (Fsp3) is 0.355. The van der Waals surface area contributed by atoms with Crippen LogP contribution in [0.3, 0.4) is 0 Å². The fourth-order valence-corrected chi connectivity index (χ4v) is 4.44. The molecule has 38 heavy (non-hydrogen) atoms. The quantitative estimate of drug-likeness (QED) is 0.181. The van der Waals surface area contributed by atoms with Gasteiger partial charge in [0.25, 0.3) is 5.91 Å². The maximum absolute atomic E-state index is 12.2. The third-order valence-corrected chi connectivity index (χ3v) is 6.92. The molecule has 1 heterocycles. The van der Waals surface area contributed by atoms with Crippen molar-refractivity contribution in [3.8, 4) is 11.5 Å². The number of carbonyl (C=O) groups excluding carboxylic acids is 1. The first-order valence-electron chi connectivity index (χ1n) is 13.4. The summed E-state index contributed by atoms with van der Waals surface area (Å²) in [7, 11) is 0. The number of hydrogen-bond donors (Lipinski definition) is 1. The summed E-state index contributed by atoms with van der Waals surface area (Å²) >= 11 is 5.88. The van der Waals surface area contributed by atoms with Gasteiger partial charge in [-0.1, -0.05) is 49.7 Å². The number of aryl methyl sites for hydroxylation is 2. The maximum Gasteiger partial charge on any atom is 0.257 e. The van der Waals surface area contributed by atoms with Crippen LogP contribution in [0.4, 0.5) is 0 Å². The van der Waals surface area contributed by atoms with E-state index in [9.17, 15) is 4.79 Å². The average molecular weight is 534 g/mol. The molecule has 200 valence electrons. The molecular weight excluding hydrogens is 498 g/mol. The summed E-state index contributed by atoms with van der Waals surface area (Å²) in [6.45, 7) is 6.44. The first-order chi connectivity index (χ1) is 18.5. The molecule has 4 aromatic rings. The van der Waals surface area contributed by atoms with E-state index in [0.29, 0.717) is 29.8 Å². The molecule has 0 aliphatic carbocycles. The molecule has 7 heteroatoms. The Bertz CT molecular complexity index is 1300. The normalized spacial score (nSPS) is 11.9. The Morgan fingerprint density at radius 3 is 2.45 bits per heavy atom. The van der Waals surface area contributed by atoms with Gasteiger partial charge in [0.05, 0.1) is 17.6 Å². The smallest absolute Gasteiger partial charge is 0.257 e. The van der Waals surface area contributed by atoms with Gasteiger partial charge < -0.3 is 19.4 Å². The van der Waals surface area contributed by atoms with E-state index in [1.54, 1.807) is 24.3 Å². The van der Waals surface area contributed by atoms with Crippen molar-refractivity contribution in [3.63, 3.8) is 0 Å². The number of hydrogen-bond acceptors (Lipinski definition) is 4. The lowest BCUT2D eigenvalue weighted by Gasteiger charge is -2.12. The predicted octanol–water partition coefficient (Wildman–Crippen LogP) is 6.80. The molecule has 0 radical (unpaired) electrons. The van der Waals surface area contributed by atoms with Crippen LogP contribution in [0.2, 0.25) is 5.02 Å². The first-order valence-corrected chi connectivity index (χ1v) is 13.7. The SMILES string of the molecule is CCC(C)c1ccc(OCCCn2c(CCCNC(=O)COc3ccc(Cl)cc3)nc3ccccc32)cc1. The summed E-state index contributed by atoms with van der Waals surface area (Å²) in [4.78, 5) is 17.0. The van der Waals surface area contributed by atoms with Gasteiger partial charge in [0, 0.05) is 24.5 Å². The Hall–Kier alpha value is -3.51. The molecule has 1 aromatic heterocycles. The summed E-state index contributed by atoms with van der Waals surface area (Å²) in [5, 5.41) is 3.56. The molecule has 1 atom stereocenters. The Kier molecular flexibility index (Phi) is 10.0. The topological polar surface area (TPSA) is 65.4 Å². The van der Waals surface area contributed by atoms with Crippen molar-refractivity contribution in [2.45, 2.75) is 52.0 Å². The van der Waals surface area contributed by atoms with Gasteiger partial charge in [-0.25, -0.2) is 4.98 Å². The van der Waals surface area contributed by atoms with Crippen LogP contribution >= 0.6 is 11.6 Å². The molecule has 0 bridgehead atoms. The molecule has 0 saturated heterocycles. The molecule has 4 rings (SSSR count). The molecule has 0 aliphatic heterocycles. The second-order valence-electron chi connectivity index (χ2n) is 9.44. The highest BCUT2D eigenvalue weighted by atomic mass is 35.5. The minimum atomic E-state index is -0.150. The third kappa shape index (κ3) is 7.75. The Balaban J connectivity index is 1.24. The summed E-state index contributed by atoms with van der Waals surface area (Å²) in [5.74, 6) is 2.96. The van der Waals surface area contributed by atoms with Crippen LogP contribution in [0.1, 0.15) is 50.4 Å². The minimum Gasteiger partial charge on any atom is -0.494 e. The molecule has 1 amide bonds. The summed E-state index contributed by atoms with van der Waals surface area (Å²) in [6, 6.07) is 23.6. The van der Waals surface area contributed by atoms with E-state index in [4.69, 9.17) is 26.1 Å². The molecule has 0 saturated carbocycles. The molecular formula is C31H36ClN3O3. The van der Waals surface area contributed by atoms with Gasteiger partial charge in [-0.15, -0.1) is 0 Å². The Labute approximate surface area is 229 Å². The number of amides is 1. The van der Waals surface area contributed by atoms with E-state index in [1.165, 1.54) is 5.56 Å². The van der Waals surface area contributed by atoms with Crippen molar-refractivity contribution in [3.05, 3.63) is 89.2 Å². The molecule has 0 fully saturated rings. The third-order valence-electron chi connectivity index (χ3n) is 6.67. The van der Waals surface area contributed by atoms with E-state index >= 15 is 0 Å². The number of halogens is 1. The van der Waals surface area contributed by atoms with Gasteiger partial charge in [0.1, 0.15) is 17.3 Å². The van der Waals surface area contributed by atoms with E-state index in [-0.39, 0.29) is 12.5 Å². The largest absolute Gasteiger partial charge is 0.494 e. The molecule has 0 spiro atoms. The lowest BCUT2D eigenvalue weighted by Crippen LogP contribution is -2.30. The lowest BCUT2D eigenvalue weighted by molar-refractivity contribution is -0.123. The van der Waals surface area contributed by atoms with Crippen LogP contribution in [-0.4, -0.2) is 35.2 Å². The van der Waals surface area contributed by atoms with Gasteiger partial charge in [-0.05, 0) is 79.3 Å². The molecule has 3 aromatic carbocycles. The van der Waals surface area contributed by atoms with Gasteiger partial charge in [0.2, 0.25) is 0 Å². The zero-order valence-corrected chi connectivity index (χ0v) is 22.9. The van der Waals surface area contributed by atoms with Crippen LogP contribution in [0, 0.1) is 0 Å². The molecule has 1 N–H and O–H groups in total.